The predicted molar refractivity (Wildman–Crippen MR) is 97.7 cm³/mol. The number of aromatic amines is 2. The second kappa shape index (κ2) is 4.32. The summed E-state index contributed by atoms with van der Waals surface area (Å²) in [7, 11) is 0. The van der Waals surface area contributed by atoms with E-state index in [-0.39, 0.29) is 11.5 Å². The molecule has 0 fully saturated rings. The molecule has 2 heterocycles. The average Bonchev–Trinajstić information content (AvgIpc) is 3.20. The van der Waals surface area contributed by atoms with Crippen molar-refractivity contribution in [1.29, 1.82) is 0 Å². The van der Waals surface area contributed by atoms with Crippen LogP contribution in [0.25, 0.3) is 49.8 Å². The largest absolute Gasteiger partial charge is 0.507 e. The Labute approximate surface area is 137 Å². The van der Waals surface area contributed by atoms with Gasteiger partial charge in [0, 0.05) is 39.5 Å². The summed E-state index contributed by atoms with van der Waals surface area (Å²) >= 11 is 0. The van der Waals surface area contributed by atoms with E-state index >= 15 is 0 Å². The topological polar surface area (TPSA) is 72.0 Å². The van der Waals surface area contributed by atoms with Crippen LogP contribution in [-0.2, 0) is 0 Å². The van der Waals surface area contributed by atoms with Crippen molar-refractivity contribution in [1.82, 2.24) is 9.97 Å². The van der Waals surface area contributed by atoms with Crippen molar-refractivity contribution in [3.63, 3.8) is 0 Å². The molecule has 4 nitrogen and oxygen atoms in total. The third-order valence-corrected chi connectivity index (χ3v) is 4.77. The van der Waals surface area contributed by atoms with E-state index in [9.17, 15) is 10.2 Å². The fourth-order valence-electron chi connectivity index (χ4n) is 3.63. The van der Waals surface area contributed by atoms with Gasteiger partial charge in [-0.25, -0.2) is 0 Å². The summed E-state index contributed by atoms with van der Waals surface area (Å²) in [5.41, 5.74) is 4.21. The van der Waals surface area contributed by atoms with Gasteiger partial charge in [0.2, 0.25) is 0 Å². The summed E-state index contributed by atoms with van der Waals surface area (Å²) in [4.78, 5) is 6.37. The van der Waals surface area contributed by atoms with E-state index in [1.807, 2.05) is 30.5 Å². The zero-order chi connectivity index (χ0) is 16.4. The van der Waals surface area contributed by atoms with E-state index in [1.54, 1.807) is 18.3 Å². The SMILES string of the molecule is C=Cc1ccc(-c2c(O)c3[nH]cc4c(O)cc5c[nH]c2c5c43)cc1. The first-order valence-corrected chi connectivity index (χ1v) is 7.70. The lowest BCUT2D eigenvalue weighted by Crippen LogP contribution is -1.86. The first-order chi connectivity index (χ1) is 11.7. The zero-order valence-corrected chi connectivity index (χ0v) is 12.7. The third-order valence-electron chi connectivity index (χ3n) is 4.77. The first-order valence-electron chi connectivity index (χ1n) is 7.70. The van der Waals surface area contributed by atoms with E-state index in [0.29, 0.717) is 10.9 Å². The molecule has 0 saturated heterocycles. The molecule has 0 aliphatic carbocycles. The maximum absolute atomic E-state index is 10.9. The summed E-state index contributed by atoms with van der Waals surface area (Å²) in [5, 5.41) is 24.6. The lowest BCUT2D eigenvalue weighted by molar-refractivity contribution is 0.482. The summed E-state index contributed by atoms with van der Waals surface area (Å²) in [5.74, 6) is 0.385. The highest BCUT2D eigenvalue weighted by Gasteiger charge is 2.22. The van der Waals surface area contributed by atoms with Gasteiger partial charge in [0.1, 0.15) is 11.5 Å². The number of hydrogen-bond acceptors (Lipinski definition) is 2. The van der Waals surface area contributed by atoms with E-state index in [2.05, 4.69) is 16.5 Å². The van der Waals surface area contributed by atoms with Crippen LogP contribution in [0.15, 0.2) is 49.3 Å². The monoisotopic (exact) mass is 314 g/mol. The number of hydrogen-bond donors (Lipinski definition) is 4. The lowest BCUT2D eigenvalue weighted by atomic mass is 9.95. The number of phenols is 2. The summed E-state index contributed by atoms with van der Waals surface area (Å²) < 4.78 is 0. The van der Waals surface area contributed by atoms with Crippen molar-refractivity contribution in [3.05, 3.63) is 54.9 Å². The molecule has 0 radical (unpaired) electrons. The molecule has 4 N–H and O–H groups in total. The fraction of sp³-hybridized carbons (Fsp3) is 0. The molecule has 24 heavy (non-hydrogen) atoms. The molecule has 0 aliphatic heterocycles. The molecule has 0 atom stereocenters. The van der Waals surface area contributed by atoms with Gasteiger partial charge in [-0.1, -0.05) is 36.9 Å². The standard InChI is InChI=1S/C20H14N2O2/c1-2-10-3-5-11(6-4-10)16-18-15-12(8-21-18)7-14(23)13-9-22-19(17(13)15)20(16)24/h2-9,21-24H,1H2. The van der Waals surface area contributed by atoms with Crippen molar-refractivity contribution in [3.8, 4) is 22.6 Å². The molecule has 116 valence electrons. The number of H-pyrrole nitrogens is 2. The van der Waals surface area contributed by atoms with Gasteiger partial charge in [0.15, 0.2) is 0 Å². The normalized spacial score (nSPS) is 11.8. The second-order valence-electron chi connectivity index (χ2n) is 6.03. The molecule has 3 aromatic carbocycles. The molecule has 5 rings (SSSR count). The number of nitrogens with one attached hydrogen (secondary N) is 2. The Morgan fingerprint density at radius 3 is 2.42 bits per heavy atom. The Balaban J connectivity index is 1.97. The van der Waals surface area contributed by atoms with E-state index < -0.39 is 0 Å². The molecule has 0 unspecified atom stereocenters. The number of aromatic nitrogens is 2. The molecule has 4 heteroatoms. The molecule has 0 aliphatic rings. The van der Waals surface area contributed by atoms with Crippen LogP contribution in [0.1, 0.15) is 5.56 Å². The van der Waals surface area contributed by atoms with Crippen LogP contribution in [0.3, 0.4) is 0 Å². The Hall–Kier alpha value is -3.40. The highest BCUT2D eigenvalue weighted by Crippen LogP contribution is 2.48. The van der Waals surface area contributed by atoms with Gasteiger partial charge >= 0.3 is 0 Å². The van der Waals surface area contributed by atoms with Crippen LogP contribution < -0.4 is 0 Å². The Bertz CT molecular complexity index is 1230. The van der Waals surface area contributed by atoms with Crippen LogP contribution in [0.5, 0.6) is 11.5 Å². The molecule has 0 amide bonds. The molecular formula is C20H14N2O2. The van der Waals surface area contributed by atoms with Crippen LogP contribution in [0.2, 0.25) is 0 Å². The lowest BCUT2D eigenvalue weighted by Gasteiger charge is -2.11. The van der Waals surface area contributed by atoms with Crippen LogP contribution >= 0.6 is 0 Å². The highest BCUT2D eigenvalue weighted by molar-refractivity contribution is 6.28. The number of benzene rings is 3. The predicted octanol–water partition coefficient (Wildman–Crippen LogP) is 4.96. The minimum absolute atomic E-state index is 0.179. The first kappa shape index (κ1) is 13.1. The van der Waals surface area contributed by atoms with Crippen LogP contribution in [0, 0.1) is 0 Å². The number of rotatable bonds is 2. The molecule has 0 spiro atoms. The quantitative estimate of drug-likeness (QED) is 0.372. The van der Waals surface area contributed by atoms with Crippen molar-refractivity contribution in [2.45, 2.75) is 0 Å². The van der Waals surface area contributed by atoms with Crippen molar-refractivity contribution in [2.75, 3.05) is 0 Å². The molecule has 2 aromatic heterocycles. The zero-order valence-electron chi connectivity index (χ0n) is 12.7. The Morgan fingerprint density at radius 2 is 1.67 bits per heavy atom. The van der Waals surface area contributed by atoms with Gasteiger partial charge in [-0.2, -0.15) is 0 Å². The summed E-state index contributed by atoms with van der Waals surface area (Å²) in [6.07, 6.45) is 5.38. The molecule has 5 aromatic rings. The average molecular weight is 314 g/mol. The highest BCUT2D eigenvalue weighted by atomic mass is 16.3. The van der Waals surface area contributed by atoms with Gasteiger partial charge in [-0.3, -0.25) is 0 Å². The van der Waals surface area contributed by atoms with Crippen molar-refractivity contribution < 1.29 is 10.2 Å². The maximum Gasteiger partial charge on any atom is 0.149 e. The second-order valence-corrected chi connectivity index (χ2v) is 6.03. The number of aromatic hydroxyl groups is 2. The third kappa shape index (κ3) is 1.47. The summed E-state index contributed by atoms with van der Waals surface area (Å²) in [6, 6.07) is 9.64. The minimum Gasteiger partial charge on any atom is -0.507 e. The Kier molecular flexibility index (Phi) is 2.36. The van der Waals surface area contributed by atoms with Crippen molar-refractivity contribution in [2.24, 2.45) is 0 Å². The van der Waals surface area contributed by atoms with E-state index in [4.69, 9.17) is 0 Å². The molecule has 0 bridgehead atoms. The van der Waals surface area contributed by atoms with Gasteiger partial charge < -0.3 is 20.2 Å². The smallest absolute Gasteiger partial charge is 0.149 e. The summed E-state index contributed by atoms with van der Waals surface area (Å²) in [6.45, 7) is 3.77. The fourth-order valence-corrected chi connectivity index (χ4v) is 3.63. The van der Waals surface area contributed by atoms with Gasteiger partial charge in [0.25, 0.3) is 0 Å². The van der Waals surface area contributed by atoms with Crippen molar-refractivity contribution >= 4 is 38.7 Å². The Morgan fingerprint density at radius 1 is 0.917 bits per heavy atom. The van der Waals surface area contributed by atoms with Crippen LogP contribution in [-0.4, -0.2) is 20.2 Å². The molecular weight excluding hydrogens is 300 g/mol. The number of phenolic OH excluding ortho intramolecular Hbond substituents is 2. The maximum atomic E-state index is 10.9. The molecule has 0 saturated carbocycles. The van der Waals surface area contributed by atoms with E-state index in [1.165, 1.54) is 0 Å². The minimum atomic E-state index is 0.179. The van der Waals surface area contributed by atoms with Gasteiger partial charge in [-0.05, 0) is 17.2 Å². The van der Waals surface area contributed by atoms with Crippen LogP contribution in [0.4, 0.5) is 0 Å². The van der Waals surface area contributed by atoms with E-state index in [0.717, 1.165) is 38.4 Å². The van der Waals surface area contributed by atoms with Gasteiger partial charge in [0.05, 0.1) is 11.0 Å². The van der Waals surface area contributed by atoms with Gasteiger partial charge in [-0.15, -0.1) is 0 Å².